The van der Waals surface area contributed by atoms with E-state index in [-0.39, 0.29) is 5.69 Å². The third-order valence-electron chi connectivity index (χ3n) is 1.84. The number of esters is 1. The first-order valence-electron chi connectivity index (χ1n) is 3.92. The fraction of sp³-hybridized carbons (Fsp3) is 0.111. The molecule has 0 aliphatic carbocycles. The van der Waals surface area contributed by atoms with Crippen LogP contribution in [-0.2, 0) is 4.74 Å². The van der Waals surface area contributed by atoms with Crippen molar-refractivity contribution in [3.8, 4) is 0 Å². The number of methoxy groups -OCH3 is 1. The maximum Gasteiger partial charge on any atom is 0.358 e. The largest absolute Gasteiger partial charge is 0.464 e. The maximum atomic E-state index is 11.1. The van der Waals surface area contributed by atoms with Crippen molar-refractivity contribution in [3.05, 3.63) is 35.4 Å². The van der Waals surface area contributed by atoms with Gasteiger partial charge in [0.2, 0.25) is 0 Å². The van der Waals surface area contributed by atoms with E-state index in [1.165, 1.54) is 7.11 Å². The number of halogens is 1. The molecule has 0 fully saturated rings. The van der Waals surface area contributed by atoms with Gasteiger partial charge in [-0.3, -0.25) is 0 Å². The van der Waals surface area contributed by atoms with Crippen molar-refractivity contribution in [2.45, 2.75) is 0 Å². The van der Waals surface area contributed by atoms with Crippen LogP contribution in [0, 0.1) is 0 Å². The summed E-state index contributed by atoms with van der Waals surface area (Å²) in [7, 11) is 1.32. The lowest BCUT2D eigenvalue weighted by Gasteiger charge is -1.98. The van der Waals surface area contributed by atoms with Gasteiger partial charge in [0.25, 0.3) is 0 Å². The van der Waals surface area contributed by atoms with Gasteiger partial charge in [-0.25, -0.2) is 9.78 Å². The number of hydrogen-bond acceptors (Lipinski definition) is 3. The zero-order valence-corrected chi connectivity index (χ0v) is 8.15. The Hall–Kier alpha value is -1.55. The molecule has 0 aliphatic rings. The van der Waals surface area contributed by atoms with E-state index < -0.39 is 5.97 Å². The van der Waals surface area contributed by atoms with E-state index in [1.807, 2.05) is 0 Å². The van der Waals surface area contributed by atoms with Crippen LogP contribution >= 0.6 is 11.6 Å². The molecule has 0 N–H and O–H groups in total. The average Bonchev–Trinajstić information content (AvgIpc) is 2.55. The van der Waals surface area contributed by atoms with Crippen LogP contribution in [0.25, 0.3) is 5.52 Å². The van der Waals surface area contributed by atoms with E-state index >= 15 is 0 Å². The van der Waals surface area contributed by atoms with Gasteiger partial charge < -0.3 is 9.14 Å². The van der Waals surface area contributed by atoms with Crippen LogP contribution < -0.4 is 0 Å². The second-order valence-electron chi connectivity index (χ2n) is 2.75. The molecule has 2 aromatic heterocycles. The molecule has 2 heterocycles. The predicted molar refractivity (Wildman–Crippen MR) is 51.5 cm³/mol. The van der Waals surface area contributed by atoms with E-state index in [0.717, 1.165) is 5.52 Å². The maximum absolute atomic E-state index is 11.1. The Kier molecular flexibility index (Phi) is 2.13. The van der Waals surface area contributed by atoms with Gasteiger partial charge in [0.1, 0.15) is 0 Å². The Morgan fingerprint density at radius 3 is 3.07 bits per heavy atom. The molecule has 0 aromatic carbocycles. The average molecular weight is 211 g/mol. The van der Waals surface area contributed by atoms with Gasteiger partial charge in [-0.05, 0) is 6.07 Å². The predicted octanol–water partition coefficient (Wildman–Crippen LogP) is 1.77. The lowest BCUT2D eigenvalue weighted by molar-refractivity contribution is 0.0593. The third kappa shape index (κ3) is 1.44. The van der Waals surface area contributed by atoms with Crippen molar-refractivity contribution in [3.63, 3.8) is 0 Å². The summed E-state index contributed by atoms with van der Waals surface area (Å²) in [5.41, 5.74) is 1.09. The van der Waals surface area contributed by atoms with Gasteiger partial charge >= 0.3 is 5.97 Å². The molecule has 72 valence electrons. The summed E-state index contributed by atoms with van der Waals surface area (Å²) in [6.45, 7) is 0. The number of fused-ring (bicyclic) bond motifs is 1. The highest BCUT2D eigenvalue weighted by molar-refractivity contribution is 6.31. The van der Waals surface area contributed by atoms with Crippen molar-refractivity contribution < 1.29 is 9.53 Å². The lowest BCUT2D eigenvalue weighted by atomic mass is 10.4. The summed E-state index contributed by atoms with van der Waals surface area (Å²) in [5, 5.41) is 0.605. The number of carbonyl (C=O) groups is 1. The monoisotopic (exact) mass is 210 g/mol. The molecule has 0 aliphatic heterocycles. The summed E-state index contributed by atoms with van der Waals surface area (Å²) in [5.74, 6) is -0.461. The number of aromatic nitrogens is 2. The van der Waals surface area contributed by atoms with Gasteiger partial charge in [0, 0.05) is 12.4 Å². The molecule has 2 aromatic rings. The highest BCUT2D eigenvalue weighted by atomic mass is 35.5. The first-order valence-corrected chi connectivity index (χ1v) is 4.30. The number of hydrogen-bond donors (Lipinski definition) is 0. The molecule has 0 radical (unpaired) electrons. The van der Waals surface area contributed by atoms with Crippen molar-refractivity contribution in [1.29, 1.82) is 0 Å². The molecule has 2 rings (SSSR count). The van der Waals surface area contributed by atoms with E-state index in [4.69, 9.17) is 11.6 Å². The minimum absolute atomic E-state index is 0.257. The molecular weight excluding hydrogens is 204 g/mol. The van der Waals surface area contributed by atoms with E-state index in [2.05, 4.69) is 9.72 Å². The highest BCUT2D eigenvalue weighted by Gasteiger charge is 2.07. The zero-order chi connectivity index (χ0) is 10.1. The second-order valence-corrected chi connectivity index (χ2v) is 3.19. The van der Waals surface area contributed by atoms with Crippen LogP contribution in [0.15, 0.2) is 24.7 Å². The van der Waals surface area contributed by atoms with Gasteiger partial charge in [-0.1, -0.05) is 11.6 Å². The quantitative estimate of drug-likeness (QED) is 0.674. The van der Waals surface area contributed by atoms with Crippen molar-refractivity contribution in [2.75, 3.05) is 7.11 Å². The fourth-order valence-electron chi connectivity index (χ4n) is 1.19. The van der Waals surface area contributed by atoms with Crippen LogP contribution in [-0.4, -0.2) is 22.5 Å². The molecule has 14 heavy (non-hydrogen) atoms. The molecule has 0 saturated heterocycles. The summed E-state index contributed by atoms with van der Waals surface area (Å²) < 4.78 is 6.27. The Morgan fingerprint density at radius 1 is 1.57 bits per heavy atom. The lowest BCUT2D eigenvalue weighted by Crippen LogP contribution is -2.05. The molecule has 0 amide bonds. The Balaban J connectivity index is 2.55. The number of ether oxygens (including phenoxy) is 1. The van der Waals surface area contributed by atoms with Crippen LogP contribution in [0.2, 0.25) is 5.02 Å². The normalized spacial score (nSPS) is 10.4. The van der Waals surface area contributed by atoms with Gasteiger partial charge in [-0.15, -0.1) is 0 Å². The summed E-state index contributed by atoms with van der Waals surface area (Å²) >= 11 is 5.78. The van der Waals surface area contributed by atoms with Gasteiger partial charge in [-0.2, -0.15) is 0 Å². The minimum Gasteiger partial charge on any atom is -0.464 e. The van der Waals surface area contributed by atoms with Gasteiger partial charge in [0.15, 0.2) is 5.69 Å². The highest BCUT2D eigenvalue weighted by Crippen LogP contribution is 2.14. The fourth-order valence-corrected chi connectivity index (χ4v) is 1.40. The van der Waals surface area contributed by atoms with Crippen LogP contribution in [0.1, 0.15) is 10.5 Å². The summed E-state index contributed by atoms with van der Waals surface area (Å²) in [6, 6.07) is 1.76. The molecule has 0 spiro atoms. The van der Waals surface area contributed by atoms with E-state index in [1.54, 1.807) is 29.1 Å². The molecule has 0 bridgehead atoms. The molecule has 5 heteroatoms. The number of nitrogens with zero attached hydrogens (tertiary/aromatic N) is 2. The SMILES string of the molecule is COC(=O)c1cn2cc(Cl)cc2cn1. The zero-order valence-electron chi connectivity index (χ0n) is 7.40. The molecule has 0 saturated carbocycles. The summed E-state index contributed by atoms with van der Waals surface area (Å²) in [4.78, 5) is 15.1. The topological polar surface area (TPSA) is 43.6 Å². The van der Waals surface area contributed by atoms with E-state index in [9.17, 15) is 4.79 Å². The third-order valence-corrected chi connectivity index (χ3v) is 2.04. The first kappa shape index (κ1) is 9.02. The summed E-state index contributed by atoms with van der Waals surface area (Å²) in [6.07, 6.45) is 4.84. The Bertz CT molecular complexity index is 493. The molecular formula is C9H7ClN2O2. The van der Waals surface area contributed by atoms with Crippen LogP contribution in [0.5, 0.6) is 0 Å². The van der Waals surface area contributed by atoms with Crippen molar-refractivity contribution in [2.24, 2.45) is 0 Å². The standard InChI is InChI=1S/C9H7ClN2O2/c1-14-9(13)8-5-12-4-6(10)2-7(12)3-11-8/h2-5H,1H3. The Labute approximate surface area is 85.1 Å². The first-order chi connectivity index (χ1) is 6.70. The minimum atomic E-state index is -0.461. The Morgan fingerprint density at radius 2 is 2.36 bits per heavy atom. The second kappa shape index (κ2) is 3.31. The molecule has 0 unspecified atom stereocenters. The smallest absolute Gasteiger partial charge is 0.358 e. The molecule has 0 atom stereocenters. The van der Waals surface area contributed by atoms with Gasteiger partial charge in [0.05, 0.1) is 23.8 Å². The number of carbonyl (C=O) groups excluding carboxylic acids is 1. The number of rotatable bonds is 1. The van der Waals surface area contributed by atoms with E-state index in [0.29, 0.717) is 5.02 Å². The molecule has 4 nitrogen and oxygen atoms in total. The van der Waals surface area contributed by atoms with Crippen molar-refractivity contribution in [1.82, 2.24) is 9.38 Å². The van der Waals surface area contributed by atoms with Crippen molar-refractivity contribution >= 4 is 23.1 Å². The van der Waals surface area contributed by atoms with Crippen LogP contribution in [0.4, 0.5) is 0 Å². The van der Waals surface area contributed by atoms with Crippen LogP contribution in [0.3, 0.4) is 0 Å².